The van der Waals surface area contributed by atoms with Gasteiger partial charge in [-0.05, 0) is 25.7 Å². The molecule has 0 spiro atoms. The van der Waals surface area contributed by atoms with Gasteiger partial charge in [-0.3, -0.25) is 10.2 Å². The van der Waals surface area contributed by atoms with Crippen molar-refractivity contribution in [1.29, 1.82) is 5.41 Å². The number of nitrogens with two attached hydrogens (primary N) is 1. The van der Waals surface area contributed by atoms with Crippen LogP contribution in [-0.4, -0.2) is 43.6 Å². The van der Waals surface area contributed by atoms with Crippen LogP contribution >= 0.6 is 12.4 Å². The van der Waals surface area contributed by atoms with Crippen LogP contribution in [0.5, 0.6) is 0 Å². The number of carbonyl (C=O) groups is 2. The second-order valence-corrected chi connectivity index (χ2v) is 13.2. The van der Waals surface area contributed by atoms with Gasteiger partial charge in [0.2, 0.25) is 5.91 Å². The zero-order valence-corrected chi connectivity index (χ0v) is 31.1. The summed E-state index contributed by atoms with van der Waals surface area (Å²) in [5.74, 6) is -0.215. The smallest absolute Gasteiger partial charge is 0.315 e. The van der Waals surface area contributed by atoms with Gasteiger partial charge in [0, 0.05) is 19.6 Å². The molecule has 0 aliphatic carbocycles. The molecule has 0 radical (unpaired) electrons. The van der Waals surface area contributed by atoms with Gasteiger partial charge < -0.3 is 27.0 Å². The summed E-state index contributed by atoms with van der Waals surface area (Å²) in [7, 11) is 0. The Hall–Kier alpha value is -1.70. The highest BCUT2D eigenvalue weighted by Crippen LogP contribution is 2.14. The highest BCUT2D eigenvalue weighted by molar-refractivity contribution is 5.87. The zero-order chi connectivity index (χ0) is 33.1. The first-order valence-electron chi connectivity index (χ1n) is 19.4. The van der Waals surface area contributed by atoms with Gasteiger partial charge in [0.05, 0.1) is 0 Å². The maximum Gasteiger partial charge on any atom is 0.315 e. The zero-order valence-electron chi connectivity index (χ0n) is 30.3. The van der Waals surface area contributed by atoms with Crippen LogP contribution in [0.1, 0.15) is 194 Å². The maximum absolute atomic E-state index is 12.9. The minimum atomic E-state index is -0.590. The Bertz CT molecular complexity index is 682. The quantitative estimate of drug-likeness (QED) is 0.0231. The van der Waals surface area contributed by atoms with Crippen LogP contribution in [0.2, 0.25) is 0 Å². The molecule has 0 aromatic heterocycles. The minimum Gasteiger partial charge on any atom is -0.370 e. The van der Waals surface area contributed by atoms with E-state index < -0.39 is 6.04 Å². The van der Waals surface area contributed by atoms with Crippen LogP contribution in [0.15, 0.2) is 0 Å². The molecule has 0 rings (SSSR count). The van der Waals surface area contributed by atoms with E-state index in [1.807, 2.05) is 0 Å². The van der Waals surface area contributed by atoms with Crippen LogP contribution in [0.25, 0.3) is 0 Å². The molecule has 0 saturated heterocycles. The molecule has 0 aromatic carbocycles. The lowest BCUT2D eigenvalue weighted by molar-refractivity contribution is -0.123. The highest BCUT2D eigenvalue weighted by Gasteiger charge is 2.20. The molecule has 8 nitrogen and oxygen atoms in total. The first-order valence-corrected chi connectivity index (χ1v) is 19.4. The Kier molecular flexibility index (Phi) is 38.1. The fourth-order valence-corrected chi connectivity index (χ4v) is 5.83. The van der Waals surface area contributed by atoms with Gasteiger partial charge in [-0.2, -0.15) is 0 Å². The van der Waals surface area contributed by atoms with Crippen LogP contribution in [-0.2, 0) is 4.79 Å². The van der Waals surface area contributed by atoms with Crippen molar-refractivity contribution >= 4 is 30.3 Å². The van der Waals surface area contributed by atoms with E-state index in [-0.39, 0.29) is 30.3 Å². The van der Waals surface area contributed by atoms with E-state index >= 15 is 0 Å². The number of nitrogens with one attached hydrogen (secondary N) is 5. The predicted octanol–water partition coefficient (Wildman–Crippen LogP) is 9.64. The molecule has 274 valence electrons. The lowest BCUT2D eigenvalue weighted by Crippen LogP contribution is -2.50. The number of guanidine groups is 1. The number of rotatable bonds is 34. The molecule has 0 fully saturated rings. The van der Waals surface area contributed by atoms with E-state index in [0.717, 1.165) is 25.7 Å². The van der Waals surface area contributed by atoms with E-state index in [1.54, 1.807) is 0 Å². The lowest BCUT2D eigenvalue weighted by atomic mass is 10.0. The lowest BCUT2D eigenvalue weighted by Gasteiger charge is -2.19. The Morgan fingerprint density at radius 1 is 0.500 bits per heavy atom. The van der Waals surface area contributed by atoms with Crippen LogP contribution in [0, 0.1) is 5.41 Å². The molecular formula is C37H77ClN6O2. The van der Waals surface area contributed by atoms with Gasteiger partial charge in [0.15, 0.2) is 5.96 Å². The molecule has 7 N–H and O–H groups in total. The minimum absolute atomic E-state index is 0. The summed E-state index contributed by atoms with van der Waals surface area (Å²) < 4.78 is 0. The third kappa shape index (κ3) is 35.2. The molecule has 0 heterocycles. The van der Waals surface area contributed by atoms with E-state index in [9.17, 15) is 9.59 Å². The van der Waals surface area contributed by atoms with Gasteiger partial charge in [0.1, 0.15) is 6.04 Å². The molecule has 0 aliphatic rings. The number of hydrogen-bond acceptors (Lipinski definition) is 3. The standard InChI is InChI=1S/C37H76N6O2.ClH/c1-3-5-7-9-11-13-15-16-17-18-19-20-22-24-26-28-32-42-37(45)43-34(30-29-33-41-36(38)39)35(44)40-31-27-25-23-21-14-12-10-8-6-4-2;/h34H,3-33H2,1-2H3,(H,40,44)(H4,38,39,41)(H2,42,43,45);1H. The summed E-state index contributed by atoms with van der Waals surface area (Å²) >= 11 is 0. The number of hydrogen-bond donors (Lipinski definition) is 6. The molecule has 0 saturated carbocycles. The topological polar surface area (TPSA) is 132 Å². The number of urea groups is 1. The SMILES string of the molecule is CCCCCCCCCCCCCCCCCCNC(=O)NC(CCCNC(=N)N)C(=O)NCCCCCCCCCCCC.Cl. The molecule has 3 amide bonds. The molecule has 0 bridgehead atoms. The van der Waals surface area contributed by atoms with Crippen LogP contribution in [0.4, 0.5) is 4.79 Å². The Balaban J connectivity index is 0. The predicted molar refractivity (Wildman–Crippen MR) is 201 cm³/mol. The molecule has 9 heteroatoms. The van der Waals surface area contributed by atoms with Gasteiger partial charge >= 0.3 is 6.03 Å². The van der Waals surface area contributed by atoms with Gasteiger partial charge in [0.25, 0.3) is 0 Å². The number of halogens is 1. The van der Waals surface area contributed by atoms with Gasteiger partial charge in [-0.25, -0.2) is 4.79 Å². The van der Waals surface area contributed by atoms with Crippen molar-refractivity contribution in [3.63, 3.8) is 0 Å². The van der Waals surface area contributed by atoms with E-state index in [1.165, 1.54) is 141 Å². The summed E-state index contributed by atoms with van der Waals surface area (Å²) in [6, 6.07) is -0.873. The second kappa shape index (κ2) is 37.8. The molecule has 0 aliphatic heterocycles. The van der Waals surface area contributed by atoms with Gasteiger partial charge in [-0.1, -0.05) is 168 Å². The molecule has 1 unspecified atom stereocenters. The van der Waals surface area contributed by atoms with Crippen molar-refractivity contribution in [2.45, 2.75) is 200 Å². The summed E-state index contributed by atoms with van der Waals surface area (Å²) in [5.41, 5.74) is 5.37. The monoisotopic (exact) mass is 673 g/mol. The fraction of sp³-hybridized carbons (Fsp3) is 0.919. The molecular weight excluding hydrogens is 596 g/mol. The second-order valence-electron chi connectivity index (χ2n) is 13.2. The normalized spacial score (nSPS) is 11.4. The molecule has 0 aromatic rings. The first-order chi connectivity index (χ1) is 22.0. The first kappa shape index (κ1) is 46.4. The van der Waals surface area contributed by atoms with Gasteiger partial charge in [-0.15, -0.1) is 12.4 Å². The Morgan fingerprint density at radius 3 is 1.20 bits per heavy atom. The van der Waals surface area contributed by atoms with Crippen LogP contribution < -0.4 is 27.0 Å². The highest BCUT2D eigenvalue weighted by atomic mass is 35.5. The average molecular weight is 674 g/mol. The van der Waals surface area contributed by atoms with Crippen molar-refractivity contribution in [3.05, 3.63) is 0 Å². The number of unbranched alkanes of at least 4 members (excludes halogenated alkanes) is 24. The van der Waals surface area contributed by atoms with Crippen molar-refractivity contribution in [2.75, 3.05) is 19.6 Å². The Labute approximate surface area is 291 Å². The van der Waals surface area contributed by atoms with Crippen molar-refractivity contribution < 1.29 is 9.59 Å². The average Bonchev–Trinajstić information content (AvgIpc) is 3.02. The largest absolute Gasteiger partial charge is 0.370 e. The summed E-state index contributed by atoms with van der Waals surface area (Å²) in [4.78, 5) is 25.4. The third-order valence-corrected chi connectivity index (χ3v) is 8.75. The van der Waals surface area contributed by atoms with E-state index in [0.29, 0.717) is 32.5 Å². The summed E-state index contributed by atoms with van der Waals surface area (Å²) in [6.07, 6.45) is 34.9. The number of carbonyl (C=O) groups excluding carboxylic acids is 2. The summed E-state index contributed by atoms with van der Waals surface area (Å²) in [5, 5.41) is 18.9. The molecule has 1 atom stereocenters. The fourth-order valence-electron chi connectivity index (χ4n) is 5.83. The molecule has 46 heavy (non-hydrogen) atoms. The van der Waals surface area contributed by atoms with Crippen molar-refractivity contribution in [3.8, 4) is 0 Å². The van der Waals surface area contributed by atoms with E-state index in [4.69, 9.17) is 11.1 Å². The number of amides is 3. The maximum atomic E-state index is 12.9. The van der Waals surface area contributed by atoms with Crippen LogP contribution in [0.3, 0.4) is 0 Å². The van der Waals surface area contributed by atoms with Crippen molar-refractivity contribution in [2.24, 2.45) is 5.73 Å². The summed E-state index contributed by atoms with van der Waals surface area (Å²) in [6.45, 7) is 6.29. The van der Waals surface area contributed by atoms with Crippen molar-refractivity contribution in [1.82, 2.24) is 21.3 Å². The van der Waals surface area contributed by atoms with E-state index in [2.05, 4.69) is 35.1 Å². The third-order valence-electron chi connectivity index (χ3n) is 8.75. The Morgan fingerprint density at radius 2 is 0.826 bits per heavy atom.